The van der Waals surface area contributed by atoms with Crippen LogP contribution in [0, 0.1) is 0 Å². The van der Waals surface area contributed by atoms with Crippen molar-refractivity contribution in [1.29, 1.82) is 0 Å². The van der Waals surface area contributed by atoms with Crippen molar-refractivity contribution in [3.05, 3.63) is 42.5 Å². The maximum Gasteiger partial charge on any atom is 0.217 e. The predicted molar refractivity (Wildman–Crippen MR) is 122 cm³/mol. The Labute approximate surface area is 184 Å². The Balaban J connectivity index is 1.27. The Bertz CT molecular complexity index is 931. The maximum absolute atomic E-state index is 12.7. The number of anilines is 2. The number of aromatic nitrogens is 2. The van der Waals surface area contributed by atoms with Gasteiger partial charge in [-0.05, 0) is 50.5 Å². The van der Waals surface area contributed by atoms with Crippen LogP contribution in [0.25, 0.3) is 0 Å². The number of benzene rings is 1. The fourth-order valence-electron chi connectivity index (χ4n) is 4.18. The highest BCUT2D eigenvalue weighted by molar-refractivity contribution is 7.89. The summed E-state index contributed by atoms with van der Waals surface area (Å²) in [7, 11) is -3.35. The molecule has 1 aromatic carbocycles. The van der Waals surface area contributed by atoms with Crippen LogP contribution in [-0.2, 0) is 10.0 Å². The van der Waals surface area contributed by atoms with Crippen molar-refractivity contribution in [2.45, 2.75) is 32.2 Å². The van der Waals surface area contributed by atoms with Gasteiger partial charge in [0.15, 0.2) is 11.6 Å². The Morgan fingerprint density at radius 1 is 0.935 bits per heavy atom. The molecule has 0 saturated carbocycles. The van der Waals surface area contributed by atoms with Gasteiger partial charge in [-0.2, -0.15) is 4.31 Å². The molecule has 0 spiro atoms. The van der Waals surface area contributed by atoms with Crippen LogP contribution in [0.3, 0.4) is 0 Å². The molecule has 0 radical (unpaired) electrons. The number of piperazine rings is 1. The van der Waals surface area contributed by atoms with Crippen molar-refractivity contribution in [2.24, 2.45) is 0 Å². The van der Waals surface area contributed by atoms with E-state index >= 15 is 0 Å². The summed E-state index contributed by atoms with van der Waals surface area (Å²) in [5, 5.41) is 8.88. The van der Waals surface area contributed by atoms with E-state index in [2.05, 4.69) is 26.9 Å². The molecule has 3 heterocycles. The van der Waals surface area contributed by atoms with E-state index in [9.17, 15) is 8.42 Å². The second kappa shape index (κ2) is 9.82. The lowest BCUT2D eigenvalue weighted by Gasteiger charge is -2.35. The lowest BCUT2D eigenvalue weighted by atomic mass is 10.0. The van der Waals surface area contributed by atoms with E-state index in [1.54, 1.807) is 4.31 Å². The van der Waals surface area contributed by atoms with Crippen molar-refractivity contribution in [3.63, 3.8) is 0 Å². The van der Waals surface area contributed by atoms with Gasteiger partial charge < -0.3 is 14.5 Å². The van der Waals surface area contributed by atoms with Crippen molar-refractivity contribution in [2.75, 3.05) is 54.9 Å². The summed E-state index contributed by atoms with van der Waals surface area (Å²) in [5.74, 6) is 2.39. The first-order chi connectivity index (χ1) is 15.0. The zero-order chi connectivity index (χ0) is 21.7. The lowest BCUT2D eigenvalue weighted by Crippen LogP contribution is -2.50. The van der Waals surface area contributed by atoms with Gasteiger partial charge in [-0.1, -0.05) is 18.2 Å². The van der Waals surface area contributed by atoms with Crippen LogP contribution in [-0.4, -0.2) is 74.0 Å². The van der Waals surface area contributed by atoms with Crippen LogP contribution < -0.4 is 14.5 Å². The third-order valence-electron chi connectivity index (χ3n) is 6.04. The molecule has 2 saturated heterocycles. The van der Waals surface area contributed by atoms with Crippen LogP contribution in [0.1, 0.15) is 26.2 Å². The predicted octanol–water partition coefficient (Wildman–Crippen LogP) is 2.39. The van der Waals surface area contributed by atoms with Crippen molar-refractivity contribution in [3.8, 4) is 5.75 Å². The lowest BCUT2D eigenvalue weighted by molar-refractivity contribution is 0.331. The molecule has 1 unspecified atom stereocenters. The first kappa shape index (κ1) is 21.8. The monoisotopic (exact) mass is 445 g/mol. The van der Waals surface area contributed by atoms with Crippen LogP contribution in [0.2, 0.25) is 0 Å². The Morgan fingerprint density at radius 3 is 2.32 bits per heavy atom. The minimum absolute atomic E-state index is 0.0234. The van der Waals surface area contributed by atoms with Gasteiger partial charge in [0, 0.05) is 38.8 Å². The SMILES string of the molecule is CC1CCCCN1c1ccc(N2CCN(S(=O)(=O)CCOc3ccccc3)CC2)nn1. The maximum atomic E-state index is 12.7. The molecule has 1 atom stereocenters. The fraction of sp³-hybridized carbons (Fsp3) is 0.545. The third-order valence-corrected chi connectivity index (χ3v) is 7.88. The first-order valence-electron chi connectivity index (χ1n) is 11.0. The topological polar surface area (TPSA) is 78.9 Å². The highest BCUT2D eigenvalue weighted by Gasteiger charge is 2.28. The number of ether oxygens (including phenoxy) is 1. The van der Waals surface area contributed by atoms with Gasteiger partial charge in [-0.15, -0.1) is 10.2 Å². The Morgan fingerprint density at radius 2 is 1.65 bits per heavy atom. The van der Waals surface area contributed by atoms with Gasteiger partial charge in [0.25, 0.3) is 0 Å². The highest BCUT2D eigenvalue weighted by Crippen LogP contribution is 2.24. The summed E-state index contributed by atoms with van der Waals surface area (Å²) in [6.45, 7) is 5.51. The van der Waals surface area contributed by atoms with Gasteiger partial charge in [0.2, 0.25) is 10.0 Å². The average Bonchev–Trinajstić information content (AvgIpc) is 2.80. The van der Waals surface area contributed by atoms with E-state index < -0.39 is 10.0 Å². The summed E-state index contributed by atoms with van der Waals surface area (Å²) in [4.78, 5) is 4.42. The number of para-hydroxylation sites is 1. The molecule has 8 nitrogen and oxygen atoms in total. The molecule has 0 N–H and O–H groups in total. The van der Waals surface area contributed by atoms with E-state index in [-0.39, 0.29) is 12.4 Å². The number of piperidine rings is 1. The van der Waals surface area contributed by atoms with Crippen molar-refractivity contribution in [1.82, 2.24) is 14.5 Å². The Hall–Kier alpha value is -2.39. The Kier molecular flexibility index (Phi) is 6.92. The van der Waals surface area contributed by atoms with Crippen molar-refractivity contribution >= 4 is 21.7 Å². The molecule has 31 heavy (non-hydrogen) atoms. The summed E-state index contributed by atoms with van der Waals surface area (Å²) in [5.41, 5.74) is 0. The summed E-state index contributed by atoms with van der Waals surface area (Å²) in [6, 6.07) is 13.8. The largest absolute Gasteiger partial charge is 0.492 e. The van der Waals surface area contributed by atoms with Crippen LogP contribution >= 0.6 is 0 Å². The number of rotatable bonds is 7. The van der Waals surface area contributed by atoms with Gasteiger partial charge in [-0.3, -0.25) is 0 Å². The molecular weight excluding hydrogens is 414 g/mol. The third kappa shape index (κ3) is 5.46. The molecule has 2 aliphatic heterocycles. The van der Waals surface area contributed by atoms with Gasteiger partial charge in [0.05, 0.1) is 5.75 Å². The summed E-state index contributed by atoms with van der Waals surface area (Å²) in [6.07, 6.45) is 3.66. The normalized spacial score (nSPS) is 20.6. The van der Waals surface area contributed by atoms with E-state index in [1.165, 1.54) is 19.3 Å². The smallest absolute Gasteiger partial charge is 0.217 e. The van der Waals surface area contributed by atoms with Gasteiger partial charge >= 0.3 is 0 Å². The van der Waals surface area contributed by atoms with Gasteiger partial charge in [0.1, 0.15) is 12.4 Å². The summed E-state index contributed by atoms with van der Waals surface area (Å²) < 4.78 is 32.4. The van der Waals surface area contributed by atoms with E-state index in [0.717, 1.165) is 18.2 Å². The molecule has 0 amide bonds. The number of sulfonamides is 1. The molecular formula is C22H31N5O3S. The van der Waals surface area contributed by atoms with Crippen LogP contribution in [0.5, 0.6) is 5.75 Å². The number of hydrogen-bond acceptors (Lipinski definition) is 7. The second-order valence-corrected chi connectivity index (χ2v) is 10.2. The number of nitrogens with zero attached hydrogens (tertiary/aromatic N) is 5. The second-order valence-electron chi connectivity index (χ2n) is 8.15. The zero-order valence-corrected chi connectivity index (χ0v) is 18.9. The minimum atomic E-state index is -3.35. The zero-order valence-electron chi connectivity index (χ0n) is 18.1. The molecule has 168 valence electrons. The molecule has 4 rings (SSSR count). The molecule has 9 heteroatoms. The molecule has 2 aliphatic rings. The highest BCUT2D eigenvalue weighted by atomic mass is 32.2. The molecule has 0 bridgehead atoms. The quantitative estimate of drug-likeness (QED) is 0.647. The summed E-state index contributed by atoms with van der Waals surface area (Å²) >= 11 is 0. The van der Waals surface area contributed by atoms with E-state index in [4.69, 9.17) is 4.74 Å². The standard InChI is InChI=1S/C22H31N5O3S/c1-19-7-5-6-12-27(19)22-11-10-21(23-24-22)25-13-15-26(16-14-25)31(28,29)18-17-30-20-8-3-2-4-9-20/h2-4,8-11,19H,5-7,12-18H2,1H3. The average molecular weight is 446 g/mol. The molecule has 0 aliphatic carbocycles. The molecule has 2 fully saturated rings. The molecule has 2 aromatic rings. The number of hydrogen-bond donors (Lipinski definition) is 0. The van der Waals surface area contributed by atoms with E-state index in [1.807, 2.05) is 42.5 Å². The van der Waals surface area contributed by atoms with E-state index in [0.29, 0.717) is 38.0 Å². The van der Waals surface area contributed by atoms with Crippen LogP contribution in [0.4, 0.5) is 11.6 Å². The van der Waals surface area contributed by atoms with Crippen molar-refractivity contribution < 1.29 is 13.2 Å². The van der Waals surface area contributed by atoms with Gasteiger partial charge in [-0.25, -0.2) is 8.42 Å². The minimum Gasteiger partial charge on any atom is -0.492 e. The fourth-order valence-corrected chi connectivity index (χ4v) is 5.46. The molecule has 1 aromatic heterocycles. The first-order valence-corrected chi connectivity index (χ1v) is 12.6. The van der Waals surface area contributed by atoms with Crippen LogP contribution in [0.15, 0.2) is 42.5 Å².